The maximum atomic E-state index is 13.5. The molecule has 0 radical (unpaired) electrons. The van der Waals surface area contributed by atoms with Crippen molar-refractivity contribution in [2.75, 3.05) is 17.6 Å². The first-order chi connectivity index (χ1) is 17.6. The van der Waals surface area contributed by atoms with Gasteiger partial charge in [0.2, 0.25) is 0 Å². The number of aryl methyl sites for hydroxylation is 2. The van der Waals surface area contributed by atoms with Crippen molar-refractivity contribution in [3.05, 3.63) is 88.0 Å². The van der Waals surface area contributed by atoms with Crippen LogP contribution in [0.15, 0.2) is 53.8 Å². The highest BCUT2D eigenvalue weighted by Crippen LogP contribution is 2.20. The van der Waals surface area contributed by atoms with E-state index < -0.39 is 23.1 Å². The lowest BCUT2D eigenvalue weighted by molar-refractivity contribution is 0.100. The van der Waals surface area contributed by atoms with Crippen molar-refractivity contribution in [2.24, 2.45) is 12.8 Å². The molecule has 5 N–H and O–H groups in total. The SMILES string of the molecule is C#Cc1cccc2nc(CC)n(-c3ccc(F)c(F)c3)c(=O)c12.C=CCNc1c(C(N)=O)c(N)nn1C. The van der Waals surface area contributed by atoms with Crippen LogP contribution in [-0.4, -0.2) is 31.8 Å². The Morgan fingerprint density at radius 3 is 2.59 bits per heavy atom. The number of nitrogens with zero attached hydrogens (tertiary/aromatic N) is 4. The minimum absolute atomic E-state index is 0.131. The second-order valence-corrected chi connectivity index (χ2v) is 7.73. The molecular formula is C26H25F2N7O2. The van der Waals surface area contributed by atoms with E-state index in [9.17, 15) is 18.4 Å². The Morgan fingerprint density at radius 1 is 1.27 bits per heavy atom. The lowest BCUT2D eigenvalue weighted by Gasteiger charge is -2.13. The summed E-state index contributed by atoms with van der Waals surface area (Å²) >= 11 is 0. The summed E-state index contributed by atoms with van der Waals surface area (Å²) in [6, 6.07) is 8.37. The fourth-order valence-electron chi connectivity index (χ4n) is 3.68. The van der Waals surface area contributed by atoms with Gasteiger partial charge in [-0.15, -0.1) is 13.0 Å². The second kappa shape index (κ2) is 11.2. The molecule has 4 rings (SSSR count). The molecule has 37 heavy (non-hydrogen) atoms. The highest BCUT2D eigenvalue weighted by Gasteiger charge is 2.18. The average molecular weight is 506 g/mol. The Hall–Kier alpha value is -4.98. The molecule has 2 aromatic carbocycles. The van der Waals surface area contributed by atoms with Crippen molar-refractivity contribution in [3.8, 4) is 18.0 Å². The van der Waals surface area contributed by atoms with Crippen molar-refractivity contribution in [1.82, 2.24) is 19.3 Å². The van der Waals surface area contributed by atoms with Gasteiger partial charge in [-0.25, -0.2) is 13.8 Å². The number of fused-ring (bicyclic) bond motifs is 1. The molecule has 9 nitrogen and oxygen atoms in total. The Morgan fingerprint density at radius 2 is 2.00 bits per heavy atom. The number of hydrogen-bond donors (Lipinski definition) is 3. The number of anilines is 2. The van der Waals surface area contributed by atoms with E-state index in [0.29, 0.717) is 35.7 Å². The predicted octanol–water partition coefficient (Wildman–Crippen LogP) is 2.91. The molecule has 0 atom stereocenters. The average Bonchev–Trinajstić information content (AvgIpc) is 3.16. The molecular weight excluding hydrogens is 480 g/mol. The summed E-state index contributed by atoms with van der Waals surface area (Å²) in [6.07, 6.45) is 7.56. The molecule has 2 aromatic heterocycles. The summed E-state index contributed by atoms with van der Waals surface area (Å²) in [7, 11) is 1.67. The van der Waals surface area contributed by atoms with Crippen LogP contribution in [-0.2, 0) is 13.5 Å². The molecule has 4 aromatic rings. The fraction of sp³-hybridized carbons (Fsp3) is 0.154. The number of carbonyl (C=O) groups excluding carboxylic acids is 1. The van der Waals surface area contributed by atoms with E-state index in [2.05, 4.69) is 27.9 Å². The first-order valence-electron chi connectivity index (χ1n) is 11.1. The van der Waals surface area contributed by atoms with Crippen LogP contribution in [0.25, 0.3) is 16.6 Å². The van der Waals surface area contributed by atoms with Crippen LogP contribution >= 0.6 is 0 Å². The van der Waals surface area contributed by atoms with Gasteiger partial charge in [0.05, 0.1) is 16.6 Å². The summed E-state index contributed by atoms with van der Waals surface area (Å²) in [5, 5.41) is 7.11. The highest BCUT2D eigenvalue weighted by molar-refractivity contribution is 6.02. The van der Waals surface area contributed by atoms with E-state index in [1.54, 1.807) is 31.3 Å². The lowest BCUT2D eigenvalue weighted by atomic mass is 10.1. The van der Waals surface area contributed by atoms with Gasteiger partial charge in [-0.2, -0.15) is 5.10 Å². The molecule has 0 spiro atoms. The Labute approximate surface area is 211 Å². The molecule has 0 bridgehead atoms. The van der Waals surface area contributed by atoms with Crippen molar-refractivity contribution in [2.45, 2.75) is 13.3 Å². The van der Waals surface area contributed by atoms with Gasteiger partial charge < -0.3 is 16.8 Å². The van der Waals surface area contributed by atoms with E-state index in [4.69, 9.17) is 17.9 Å². The summed E-state index contributed by atoms with van der Waals surface area (Å²) in [6.45, 7) is 5.89. The van der Waals surface area contributed by atoms with Gasteiger partial charge in [0, 0.05) is 31.6 Å². The number of nitrogens with one attached hydrogen (secondary N) is 1. The van der Waals surface area contributed by atoms with Crippen LogP contribution in [0.4, 0.5) is 20.4 Å². The zero-order valence-electron chi connectivity index (χ0n) is 20.3. The van der Waals surface area contributed by atoms with Crippen molar-refractivity contribution in [1.29, 1.82) is 0 Å². The third-order valence-electron chi connectivity index (χ3n) is 5.33. The summed E-state index contributed by atoms with van der Waals surface area (Å²) in [5.74, 6) is 0.952. The van der Waals surface area contributed by atoms with Crippen molar-refractivity contribution < 1.29 is 13.6 Å². The molecule has 0 unspecified atom stereocenters. The Balaban J connectivity index is 0.000000233. The summed E-state index contributed by atoms with van der Waals surface area (Å²) in [5.41, 5.74) is 11.6. The van der Waals surface area contributed by atoms with Crippen LogP contribution in [0.5, 0.6) is 0 Å². The highest BCUT2D eigenvalue weighted by atomic mass is 19.2. The molecule has 1 amide bonds. The third kappa shape index (κ3) is 5.33. The number of carbonyl (C=O) groups is 1. The first kappa shape index (κ1) is 26.6. The molecule has 0 aliphatic rings. The third-order valence-corrected chi connectivity index (χ3v) is 5.33. The number of terminal acetylenes is 1. The normalized spacial score (nSPS) is 10.4. The van der Waals surface area contributed by atoms with E-state index in [0.717, 1.165) is 12.1 Å². The molecule has 190 valence electrons. The largest absolute Gasteiger partial charge is 0.381 e. The standard InChI is InChI=1S/C18H12F2N2O.C8H13N5O/c1-3-11-6-5-7-15-17(11)18(23)22(16(4-2)21-15)12-8-9-13(19)14(20)10-12;1-3-4-11-8-5(7(10)14)6(9)12-13(8)2/h1,5-10H,4H2,2H3;3,11H,1,4H2,2H3,(H2,9,12)(H2,10,14). The van der Waals surface area contributed by atoms with Gasteiger partial charge in [-0.05, 0) is 24.3 Å². The smallest absolute Gasteiger partial charge is 0.267 e. The van der Waals surface area contributed by atoms with Crippen LogP contribution < -0.4 is 22.3 Å². The van der Waals surface area contributed by atoms with E-state index in [-0.39, 0.29) is 22.5 Å². The number of halogens is 2. The number of primary amides is 1. The fourth-order valence-corrected chi connectivity index (χ4v) is 3.68. The van der Waals surface area contributed by atoms with Gasteiger partial charge in [-0.1, -0.05) is 25.0 Å². The van der Waals surface area contributed by atoms with Gasteiger partial charge in [0.15, 0.2) is 17.5 Å². The molecule has 0 saturated carbocycles. The molecule has 2 heterocycles. The Kier molecular flexibility index (Phi) is 8.04. The molecule has 0 aliphatic carbocycles. The van der Waals surface area contributed by atoms with E-state index in [1.165, 1.54) is 15.3 Å². The molecule has 11 heteroatoms. The number of amides is 1. The Bertz CT molecular complexity index is 1600. The molecule has 0 aliphatic heterocycles. The zero-order chi connectivity index (χ0) is 27.3. The summed E-state index contributed by atoms with van der Waals surface area (Å²) in [4.78, 5) is 28.4. The van der Waals surface area contributed by atoms with Gasteiger partial charge >= 0.3 is 0 Å². The van der Waals surface area contributed by atoms with Gasteiger partial charge in [0.1, 0.15) is 17.2 Å². The van der Waals surface area contributed by atoms with Crippen LogP contribution in [0.2, 0.25) is 0 Å². The topological polar surface area (TPSA) is 134 Å². The van der Waals surface area contributed by atoms with Crippen LogP contribution in [0.1, 0.15) is 28.7 Å². The predicted molar refractivity (Wildman–Crippen MR) is 139 cm³/mol. The minimum Gasteiger partial charge on any atom is -0.381 e. The quantitative estimate of drug-likeness (QED) is 0.273. The number of aromatic nitrogens is 4. The molecule has 0 fully saturated rings. The monoisotopic (exact) mass is 505 g/mol. The maximum absolute atomic E-state index is 13.5. The number of hydrogen-bond acceptors (Lipinski definition) is 6. The number of nitrogen functional groups attached to an aromatic ring is 1. The van der Waals surface area contributed by atoms with Gasteiger partial charge in [0.25, 0.3) is 11.5 Å². The number of rotatable bonds is 6. The zero-order valence-corrected chi connectivity index (χ0v) is 20.3. The second-order valence-electron chi connectivity index (χ2n) is 7.73. The lowest BCUT2D eigenvalue weighted by Crippen LogP contribution is -2.24. The van der Waals surface area contributed by atoms with Crippen LogP contribution in [0, 0.1) is 24.0 Å². The van der Waals surface area contributed by atoms with E-state index >= 15 is 0 Å². The maximum Gasteiger partial charge on any atom is 0.267 e. The summed E-state index contributed by atoms with van der Waals surface area (Å²) < 4.78 is 29.5. The first-order valence-corrected chi connectivity index (χ1v) is 11.1. The van der Waals surface area contributed by atoms with E-state index in [1.807, 2.05) is 6.92 Å². The minimum atomic E-state index is -1.03. The van der Waals surface area contributed by atoms with Crippen molar-refractivity contribution >= 4 is 28.4 Å². The number of benzene rings is 2. The van der Waals surface area contributed by atoms with Crippen molar-refractivity contribution in [3.63, 3.8) is 0 Å². The number of nitrogens with two attached hydrogens (primary N) is 2. The van der Waals surface area contributed by atoms with Crippen LogP contribution in [0.3, 0.4) is 0 Å². The molecule has 0 saturated heterocycles. The van der Waals surface area contributed by atoms with Gasteiger partial charge in [-0.3, -0.25) is 18.8 Å².